The largest absolute Gasteiger partial charge is 0.488 e. The highest BCUT2D eigenvalue weighted by Crippen LogP contribution is 2.18. The number of hydrogen-bond acceptors (Lipinski definition) is 3. The Bertz CT molecular complexity index is 365. The maximum atomic E-state index is 13.4. The fraction of sp³-hybridized carbons (Fsp3) is 0.364. The first-order chi connectivity index (χ1) is 7.63. The summed E-state index contributed by atoms with van der Waals surface area (Å²) in [4.78, 5) is 10.4. The first-order valence-corrected chi connectivity index (χ1v) is 4.75. The van der Waals surface area contributed by atoms with Gasteiger partial charge < -0.3 is 14.6 Å². The second-order valence-electron chi connectivity index (χ2n) is 3.18. The minimum atomic E-state index is -0.993. The molecule has 1 aromatic carbocycles. The van der Waals surface area contributed by atoms with Crippen molar-refractivity contribution in [1.29, 1.82) is 0 Å². The topological polar surface area (TPSA) is 55.8 Å². The molecule has 0 aromatic heterocycles. The average molecular weight is 228 g/mol. The summed E-state index contributed by atoms with van der Waals surface area (Å²) >= 11 is 0. The molecule has 0 aliphatic rings. The zero-order valence-corrected chi connectivity index (χ0v) is 8.90. The van der Waals surface area contributed by atoms with Crippen LogP contribution in [0.25, 0.3) is 0 Å². The lowest BCUT2D eigenvalue weighted by Crippen LogP contribution is -2.06. The highest BCUT2D eigenvalue weighted by molar-refractivity contribution is 5.70. The molecule has 0 heterocycles. The maximum Gasteiger partial charge on any atom is 0.307 e. The molecule has 0 atom stereocenters. The van der Waals surface area contributed by atoms with Crippen LogP contribution >= 0.6 is 0 Å². The second kappa shape index (κ2) is 6.07. The summed E-state index contributed by atoms with van der Waals surface area (Å²) in [5.41, 5.74) is 0.407. The molecule has 1 rings (SSSR count). The summed E-state index contributed by atoms with van der Waals surface area (Å²) in [6.07, 6.45) is -0.199. The molecular weight excluding hydrogens is 215 g/mol. The lowest BCUT2D eigenvalue weighted by Gasteiger charge is -2.07. The van der Waals surface area contributed by atoms with Crippen molar-refractivity contribution in [2.45, 2.75) is 6.42 Å². The zero-order valence-electron chi connectivity index (χ0n) is 8.90. The summed E-state index contributed by atoms with van der Waals surface area (Å²) in [7, 11) is 1.52. The number of hydrogen-bond donors (Lipinski definition) is 1. The molecule has 1 aromatic rings. The van der Waals surface area contributed by atoms with Crippen LogP contribution in [0.15, 0.2) is 18.2 Å². The van der Waals surface area contributed by atoms with E-state index < -0.39 is 11.8 Å². The molecule has 0 aliphatic carbocycles. The maximum absolute atomic E-state index is 13.4. The van der Waals surface area contributed by atoms with Gasteiger partial charge in [-0.1, -0.05) is 6.07 Å². The Morgan fingerprint density at radius 2 is 2.19 bits per heavy atom. The number of benzene rings is 1. The van der Waals surface area contributed by atoms with Gasteiger partial charge in [0, 0.05) is 7.11 Å². The van der Waals surface area contributed by atoms with E-state index in [9.17, 15) is 9.18 Å². The average Bonchev–Trinajstić information content (AvgIpc) is 2.20. The third kappa shape index (κ3) is 3.86. The molecule has 0 bridgehead atoms. The van der Waals surface area contributed by atoms with E-state index >= 15 is 0 Å². The van der Waals surface area contributed by atoms with Crippen LogP contribution < -0.4 is 4.74 Å². The van der Waals surface area contributed by atoms with Gasteiger partial charge in [-0.3, -0.25) is 4.79 Å². The lowest BCUT2D eigenvalue weighted by atomic mass is 10.1. The van der Waals surface area contributed by atoms with Gasteiger partial charge in [0.1, 0.15) is 6.61 Å². The van der Waals surface area contributed by atoms with Crippen molar-refractivity contribution in [3.05, 3.63) is 29.6 Å². The Hall–Kier alpha value is -1.62. The molecule has 0 saturated carbocycles. The van der Waals surface area contributed by atoms with Crippen LogP contribution in [0.3, 0.4) is 0 Å². The van der Waals surface area contributed by atoms with Crippen molar-refractivity contribution in [2.75, 3.05) is 20.3 Å². The van der Waals surface area contributed by atoms with E-state index in [1.165, 1.54) is 19.2 Å². The summed E-state index contributed by atoms with van der Waals surface area (Å²) < 4.78 is 23.2. The molecule has 0 spiro atoms. The molecule has 16 heavy (non-hydrogen) atoms. The van der Waals surface area contributed by atoms with Crippen LogP contribution in [0.2, 0.25) is 0 Å². The fourth-order valence-corrected chi connectivity index (χ4v) is 1.18. The molecule has 5 heteroatoms. The van der Waals surface area contributed by atoms with Crippen LogP contribution in [-0.2, 0) is 16.0 Å². The molecule has 0 amide bonds. The van der Waals surface area contributed by atoms with E-state index in [-0.39, 0.29) is 18.8 Å². The lowest BCUT2D eigenvalue weighted by molar-refractivity contribution is -0.136. The van der Waals surface area contributed by atoms with E-state index in [1.54, 1.807) is 0 Å². The Morgan fingerprint density at radius 1 is 1.44 bits per heavy atom. The van der Waals surface area contributed by atoms with Gasteiger partial charge >= 0.3 is 5.97 Å². The second-order valence-corrected chi connectivity index (χ2v) is 3.18. The monoisotopic (exact) mass is 228 g/mol. The first kappa shape index (κ1) is 12.4. The predicted octanol–water partition coefficient (Wildman–Crippen LogP) is 1.48. The van der Waals surface area contributed by atoms with Crippen molar-refractivity contribution in [1.82, 2.24) is 0 Å². The molecule has 1 N–H and O–H groups in total. The number of carboxylic acids is 1. The number of ether oxygens (including phenoxy) is 2. The van der Waals surface area contributed by atoms with Crippen LogP contribution in [0.4, 0.5) is 4.39 Å². The van der Waals surface area contributed by atoms with E-state index in [0.717, 1.165) is 6.07 Å². The van der Waals surface area contributed by atoms with Gasteiger partial charge in [-0.15, -0.1) is 0 Å². The first-order valence-electron chi connectivity index (χ1n) is 4.75. The third-order valence-electron chi connectivity index (χ3n) is 1.90. The normalized spacial score (nSPS) is 10.1. The van der Waals surface area contributed by atoms with Crippen LogP contribution in [0.5, 0.6) is 5.75 Å². The van der Waals surface area contributed by atoms with Gasteiger partial charge in [-0.2, -0.15) is 0 Å². The minimum Gasteiger partial charge on any atom is -0.488 e. The van der Waals surface area contributed by atoms with Gasteiger partial charge in [0.15, 0.2) is 11.6 Å². The van der Waals surface area contributed by atoms with Crippen molar-refractivity contribution in [3.63, 3.8) is 0 Å². The van der Waals surface area contributed by atoms with Gasteiger partial charge in [0.25, 0.3) is 0 Å². The summed E-state index contributed by atoms with van der Waals surface area (Å²) in [5.74, 6) is -1.45. The van der Waals surface area contributed by atoms with Crippen LogP contribution in [-0.4, -0.2) is 31.4 Å². The molecule has 88 valence electrons. The van der Waals surface area contributed by atoms with E-state index in [1.807, 2.05) is 0 Å². The summed E-state index contributed by atoms with van der Waals surface area (Å²) in [5, 5.41) is 8.53. The third-order valence-corrected chi connectivity index (χ3v) is 1.90. The molecule has 0 saturated heterocycles. The van der Waals surface area contributed by atoms with Crippen LogP contribution in [0.1, 0.15) is 5.56 Å². The predicted molar refractivity (Wildman–Crippen MR) is 55.1 cm³/mol. The SMILES string of the molecule is COCCOc1ccc(CC(=O)O)cc1F. The number of methoxy groups -OCH3 is 1. The minimum absolute atomic E-state index is 0.103. The molecule has 4 nitrogen and oxygen atoms in total. The number of carbonyl (C=O) groups is 1. The summed E-state index contributed by atoms with van der Waals surface area (Å²) in [6.45, 7) is 0.627. The number of rotatable bonds is 6. The van der Waals surface area contributed by atoms with Crippen molar-refractivity contribution in [3.8, 4) is 5.75 Å². The molecule has 0 unspecified atom stereocenters. The number of aliphatic carboxylic acids is 1. The zero-order chi connectivity index (χ0) is 12.0. The van der Waals surface area contributed by atoms with Gasteiger partial charge in [0.05, 0.1) is 13.0 Å². The smallest absolute Gasteiger partial charge is 0.307 e. The van der Waals surface area contributed by atoms with Gasteiger partial charge in [0.2, 0.25) is 0 Å². The Labute approximate surface area is 92.6 Å². The Morgan fingerprint density at radius 3 is 2.75 bits per heavy atom. The summed E-state index contributed by atoms with van der Waals surface area (Å²) in [6, 6.07) is 4.11. The van der Waals surface area contributed by atoms with Crippen molar-refractivity contribution < 1.29 is 23.8 Å². The molecular formula is C11H13FO4. The quantitative estimate of drug-likeness (QED) is 0.749. The number of halogens is 1. The highest BCUT2D eigenvalue weighted by Gasteiger charge is 2.07. The fourth-order valence-electron chi connectivity index (χ4n) is 1.18. The molecule has 0 radical (unpaired) electrons. The van der Waals surface area contributed by atoms with Crippen molar-refractivity contribution >= 4 is 5.97 Å². The highest BCUT2D eigenvalue weighted by atomic mass is 19.1. The van der Waals surface area contributed by atoms with E-state index in [2.05, 4.69) is 0 Å². The number of carboxylic acid groups (broad SMARTS) is 1. The van der Waals surface area contributed by atoms with Gasteiger partial charge in [-0.05, 0) is 17.7 Å². The van der Waals surface area contributed by atoms with Crippen LogP contribution in [0, 0.1) is 5.82 Å². The molecule has 0 fully saturated rings. The Balaban J connectivity index is 2.64. The molecule has 0 aliphatic heterocycles. The van der Waals surface area contributed by atoms with Gasteiger partial charge in [-0.25, -0.2) is 4.39 Å². The van der Waals surface area contributed by atoms with E-state index in [0.29, 0.717) is 12.2 Å². The standard InChI is InChI=1S/C11H13FO4/c1-15-4-5-16-10-3-2-8(6-9(10)12)7-11(13)14/h2-3,6H,4-5,7H2,1H3,(H,13,14). The Kier molecular flexibility index (Phi) is 4.72. The van der Waals surface area contributed by atoms with Crippen molar-refractivity contribution in [2.24, 2.45) is 0 Å². The van der Waals surface area contributed by atoms with E-state index in [4.69, 9.17) is 14.6 Å².